The molecule has 3 aromatic heterocycles. The maximum Gasteiger partial charge on any atom is 0.418 e. The third-order valence-electron chi connectivity index (χ3n) is 5.04. The predicted octanol–water partition coefficient (Wildman–Crippen LogP) is 5.36. The fourth-order valence-electron chi connectivity index (χ4n) is 3.18. The molecule has 0 bridgehead atoms. The second-order valence-electron chi connectivity index (χ2n) is 7.82. The first-order valence-electron chi connectivity index (χ1n) is 11.1. The zero-order chi connectivity index (χ0) is 27.9. The van der Waals surface area contributed by atoms with Gasteiger partial charge < -0.3 is 15.7 Å². The molecule has 0 unspecified atom stereocenters. The predicted molar refractivity (Wildman–Crippen MR) is 129 cm³/mol. The van der Waals surface area contributed by atoms with Crippen LogP contribution in [0.5, 0.6) is 0 Å². The fraction of sp³-hybridized carbons (Fsp3) is 0.304. The summed E-state index contributed by atoms with van der Waals surface area (Å²) in [5.41, 5.74) is -2.93. The van der Waals surface area contributed by atoms with Crippen LogP contribution in [0.15, 0.2) is 42.2 Å². The Kier molecular flexibility index (Phi) is 8.93. The third-order valence-corrected chi connectivity index (χ3v) is 5.04. The first kappa shape index (κ1) is 28.4. The Bertz CT molecular complexity index is 1280. The molecule has 3 aromatic rings. The zero-order valence-electron chi connectivity index (χ0n) is 19.7. The number of nitrogens with one attached hydrogen (secondary N) is 2. The smallest absolute Gasteiger partial charge is 0.396 e. The number of anilines is 2. The standard InChI is InChI=1S/C23H22F6N8O/c1-13(34-17-7-6-14(11-32-17)22(24,25)26)19-21(30-2)35-16(12-33-19)20-15(23(27,28)29)10-18(36-37-20)31-8-4-3-5-9-38/h6-7,10-12,38H,1-5,8-9H2,(H,31,36)(H,32,34). The molecule has 0 fully saturated rings. The van der Waals surface area contributed by atoms with E-state index >= 15 is 0 Å². The van der Waals surface area contributed by atoms with Crippen LogP contribution in [-0.4, -0.2) is 50.1 Å². The molecule has 0 aliphatic rings. The van der Waals surface area contributed by atoms with Crippen LogP contribution in [0.3, 0.4) is 0 Å². The molecule has 0 radical (unpaired) electrons. The van der Waals surface area contributed by atoms with Crippen LogP contribution in [0.4, 0.5) is 43.8 Å². The van der Waals surface area contributed by atoms with Crippen molar-refractivity contribution in [2.75, 3.05) is 23.8 Å². The monoisotopic (exact) mass is 540 g/mol. The minimum Gasteiger partial charge on any atom is -0.396 e. The van der Waals surface area contributed by atoms with Gasteiger partial charge in [-0.25, -0.2) is 19.9 Å². The van der Waals surface area contributed by atoms with Crippen LogP contribution in [0, 0.1) is 0 Å². The summed E-state index contributed by atoms with van der Waals surface area (Å²) >= 11 is 0. The number of aromatic nitrogens is 5. The summed E-state index contributed by atoms with van der Waals surface area (Å²) in [5.74, 6) is -0.278. The van der Waals surface area contributed by atoms with Gasteiger partial charge in [0.05, 0.1) is 23.0 Å². The van der Waals surface area contributed by atoms with Crippen LogP contribution in [0.2, 0.25) is 0 Å². The number of rotatable bonds is 11. The molecule has 0 spiro atoms. The van der Waals surface area contributed by atoms with Crippen molar-refractivity contribution in [2.24, 2.45) is 4.99 Å². The van der Waals surface area contributed by atoms with Crippen molar-refractivity contribution in [1.82, 2.24) is 25.1 Å². The van der Waals surface area contributed by atoms with Crippen LogP contribution in [-0.2, 0) is 12.4 Å². The van der Waals surface area contributed by atoms with E-state index in [1.807, 2.05) is 0 Å². The second-order valence-corrected chi connectivity index (χ2v) is 7.82. The average molecular weight is 540 g/mol. The van der Waals surface area contributed by atoms with Gasteiger partial charge in [0.15, 0.2) is 5.82 Å². The van der Waals surface area contributed by atoms with Gasteiger partial charge in [-0.15, -0.1) is 10.2 Å². The molecule has 3 N–H and O–H groups in total. The van der Waals surface area contributed by atoms with E-state index in [0.29, 0.717) is 32.0 Å². The number of pyridine rings is 1. The molecule has 0 aliphatic heterocycles. The number of aliphatic hydroxyl groups excluding tert-OH is 1. The Balaban J connectivity index is 1.85. The number of alkyl halides is 6. The van der Waals surface area contributed by atoms with Gasteiger partial charge >= 0.3 is 12.4 Å². The minimum absolute atomic E-state index is 0.00793. The van der Waals surface area contributed by atoms with Crippen molar-refractivity contribution in [3.63, 3.8) is 0 Å². The molecule has 3 rings (SSSR count). The maximum atomic E-state index is 13.8. The molecule has 3 heterocycles. The highest BCUT2D eigenvalue weighted by Crippen LogP contribution is 2.37. The van der Waals surface area contributed by atoms with Gasteiger partial charge in [0.25, 0.3) is 0 Å². The molecule has 0 saturated heterocycles. The molecule has 15 heteroatoms. The van der Waals surface area contributed by atoms with Crippen molar-refractivity contribution in [2.45, 2.75) is 31.6 Å². The highest BCUT2D eigenvalue weighted by atomic mass is 19.4. The van der Waals surface area contributed by atoms with Gasteiger partial charge in [-0.2, -0.15) is 26.3 Å². The molecule has 0 aromatic carbocycles. The summed E-state index contributed by atoms with van der Waals surface area (Å²) in [7, 11) is 0. The quantitative estimate of drug-likeness (QED) is 0.169. The third kappa shape index (κ3) is 7.21. The molecule has 202 valence electrons. The van der Waals surface area contributed by atoms with E-state index in [1.54, 1.807) is 0 Å². The lowest BCUT2D eigenvalue weighted by Gasteiger charge is -2.15. The summed E-state index contributed by atoms with van der Waals surface area (Å²) < 4.78 is 79.7. The van der Waals surface area contributed by atoms with Gasteiger partial charge in [-0.1, -0.05) is 6.58 Å². The number of halogens is 6. The van der Waals surface area contributed by atoms with Crippen LogP contribution < -0.4 is 10.6 Å². The molecule has 9 nitrogen and oxygen atoms in total. The highest BCUT2D eigenvalue weighted by molar-refractivity contribution is 5.78. The summed E-state index contributed by atoms with van der Waals surface area (Å²) in [5, 5.41) is 21.7. The van der Waals surface area contributed by atoms with E-state index in [4.69, 9.17) is 5.11 Å². The second kappa shape index (κ2) is 11.9. The van der Waals surface area contributed by atoms with Gasteiger partial charge in [0, 0.05) is 19.3 Å². The maximum absolute atomic E-state index is 13.8. The Morgan fingerprint density at radius 1 is 0.947 bits per heavy atom. The van der Waals surface area contributed by atoms with E-state index in [2.05, 4.69) is 54.1 Å². The lowest BCUT2D eigenvalue weighted by molar-refractivity contribution is -0.138. The van der Waals surface area contributed by atoms with Crippen LogP contribution in [0.25, 0.3) is 17.1 Å². The number of nitrogens with zero attached hydrogens (tertiary/aromatic N) is 6. The largest absolute Gasteiger partial charge is 0.418 e. The SMILES string of the molecule is C=Nc1nc(-c2nnc(NCCCCCO)cc2C(F)(F)F)cnc1C(=C)Nc1ccc(C(F)(F)F)cn1. The highest BCUT2D eigenvalue weighted by Gasteiger charge is 2.36. The first-order valence-corrected chi connectivity index (χ1v) is 11.1. The number of aliphatic hydroxyl groups is 1. The molecule has 0 aliphatic carbocycles. The summed E-state index contributed by atoms with van der Waals surface area (Å²) in [6.45, 7) is 7.44. The van der Waals surface area contributed by atoms with E-state index in [1.165, 1.54) is 0 Å². The molecule has 0 atom stereocenters. The van der Waals surface area contributed by atoms with Crippen molar-refractivity contribution in [3.05, 3.63) is 54.0 Å². The Morgan fingerprint density at radius 3 is 2.32 bits per heavy atom. The average Bonchev–Trinajstić information content (AvgIpc) is 2.87. The van der Waals surface area contributed by atoms with Crippen molar-refractivity contribution in [1.29, 1.82) is 0 Å². The van der Waals surface area contributed by atoms with Gasteiger partial charge in [-0.3, -0.25) is 0 Å². The van der Waals surface area contributed by atoms with Crippen molar-refractivity contribution in [3.8, 4) is 11.4 Å². The first-order chi connectivity index (χ1) is 17.9. The molecular formula is C23H22F6N8O. The topological polar surface area (TPSA) is 121 Å². The summed E-state index contributed by atoms with van der Waals surface area (Å²) in [4.78, 5) is 15.5. The van der Waals surface area contributed by atoms with Gasteiger partial charge in [-0.05, 0) is 44.2 Å². The Labute approximate surface area is 212 Å². The molecule has 0 saturated carbocycles. The molecular weight excluding hydrogens is 518 g/mol. The van der Waals surface area contributed by atoms with Crippen molar-refractivity contribution < 1.29 is 31.4 Å². The molecule has 38 heavy (non-hydrogen) atoms. The number of unbranched alkanes of at least 4 members (excludes halogenated alkanes) is 2. The minimum atomic E-state index is -4.79. The fourth-order valence-corrected chi connectivity index (χ4v) is 3.18. The van der Waals surface area contributed by atoms with Crippen molar-refractivity contribution >= 4 is 29.9 Å². The zero-order valence-corrected chi connectivity index (χ0v) is 19.7. The van der Waals surface area contributed by atoms with E-state index < -0.39 is 29.2 Å². The van der Waals surface area contributed by atoms with Gasteiger partial charge in [0.1, 0.15) is 28.7 Å². The number of hydrogen-bond acceptors (Lipinski definition) is 9. The summed E-state index contributed by atoms with van der Waals surface area (Å²) in [6.07, 6.45) is -5.82. The Morgan fingerprint density at radius 2 is 1.71 bits per heavy atom. The lowest BCUT2D eigenvalue weighted by Crippen LogP contribution is -2.13. The van der Waals surface area contributed by atoms with Crippen LogP contribution >= 0.6 is 0 Å². The number of aliphatic imine (C=N–C) groups is 1. The van der Waals surface area contributed by atoms with Crippen LogP contribution in [0.1, 0.15) is 36.1 Å². The van der Waals surface area contributed by atoms with E-state index in [9.17, 15) is 26.3 Å². The van der Waals surface area contributed by atoms with E-state index in [-0.39, 0.29) is 41.1 Å². The Hall–Kier alpha value is -4.14. The normalized spacial score (nSPS) is 11.8. The van der Waals surface area contributed by atoms with Gasteiger partial charge in [0.2, 0.25) is 0 Å². The molecule has 0 amide bonds. The summed E-state index contributed by atoms with van der Waals surface area (Å²) in [6, 6.07) is 2.70. The lowest BCUT2D eigenvalue weighted by atomic mass is 10.1. The van der Waals surface area contributed by atoms with E-state index in [0.717, 1.165) is 24.4 Å². The number of hydrogen-bond donors (Lipinski definition) is 3.